The topological polar surface area (TPSA) is 78.0 Å². The Morgan fingerprint density at radius 1 is 0.963 bits per heavy atom. The van der Waals surface area contributed by atoms with Crippen LogP contribution >= 0.6 is 15.9 Å². The lowest BCUT2D eigenvalue weighted by molar-refractivity contribution is -0.140. The quantitative estimate of drug-likeness (QED) is 0.675. The molecular formula is C19H22BrN3O4. The molecule has 27 heavy (non-hydrogen) atoms. The summed E-state index contributed by atoms with van der Waals surface area (Å²) in [7, 11) is 0. The third-order valence-corrected chi connectivity index (χ3v) is 5.29. The molecule has 0 bridgehead atoms. The maximum Gasteiger partial charge on any atom is 0.262 e. The number of carbonyl (C=O) groups is 4. The van der Waals surface area contributed by atoms with Crippen LogP contribution in [-0.4, -0.2) is 71.1 Å². The van der Waals surface area contributed by atoms with Gasteiger partial charge in [-0.2, -0.15) is 0 Å². The van der Waals surface area contributed by atoms with Gasteiger partial charge in [0.25, 0.3) is 11.8 Å². The van der Waals surface area contributed by atoms with E-state index in [1.807, 2.05) is 13.8 Å². The fourth-order valence-corrected chi connectivity index (χ4v) is 3.69. The Morgan fingerprint density at radius 2 is 1.52 bits per heavy atom. The van der Waals surface area contributed by atoms with Crippen LogP contribution < -0.4 is 0 Å². The largest absolute Gasteiger partial charge is 0.339 e. The van der Waals surface area contributed by atoms with Gasteiger partial charge in [0.05, 0.1) is 11.1 Å². The van der Waals surface area contributed by atoms with Crippen molar-refractivity contribution >= 4 is 39.6 Å². The van der Waals surface area contributed by atoms with E-state index in [-0.39, 0.29) is 18.4 Å². The van der Waals surface area contributed by atoms with Gasteiger partial charge in [-0.3, -0.25) is 24.1 Å². The van der Waals surface area contributed by atoms with Crippen LogP contribution in [-0.2, 0) is 9.59 Å². The molecule has 2 aliphatic heterocycles. The second kappa shape index (κ2) is 7.80. The molecule has 1 aromatic carbocycles. The molecule has 0 radical (unpaired) electrons. The van der Waals surface area contributed by atoms with E-state index >= 15 is 0 Å². The summed E-state index contributed by atoms with van der Waals surface area (Å²) in [6.07, 6.45) is 0.499. The number of amides is 4. The first-order valence-corrected chi connectivity index (χ1v) is 9.78. The monoisotopic (exact) mass is 435 g/mol. The molecule has 3 rings (SSSR count). The molecule has 0 spiro atoms. The molecule has 144 valence electrons. The van der Waals surface area contributed by atoms with Crippen molar-refractivity contribution in [2.24, 2.45) is 5.92 Å². The highest BCUT2D eigenvalue weighted by atomic mass is 79.9. The maximum atomic E-state index is 12.6. The molecule has 2 aliphatic rings. The minimum absolute atomic E-state index is 0.100. The average Bonchev–Trinajstić information content (AvgIpc) is 2.85. The van der Waals surface area contributed by atoms with Crippen LogP contribution in [0.3, 0.4) is 0 Å². The van der Waals surface area contributed by atoms with Gasteiger partial charge in [-0.15, -0.1) is 0 Å². The van der Waals surface area contributed by atoms with Crippen molar-refractivity contribution in [2.75, 3.05) is 32.7 Å². The van der Waals surface area contributed by atoms with Crippen molar-refractivity contribution in [1.82, 2.24) is 14.7 Å². The van der Waals surface area contributed by atoms with Crippen LogP contribution in [0.15, 0.2) is 22.7 Å². The summed E-state index contributed by atoms with van der Waals surface area (Å²) in [5.74, 6) is -0.773. The Bertz CT molecular complexity index is 800. The number of rotatable bonds is 4. The molecule has 4 amide bonds. The zero-order valence-electron chi connectivity index (χ0n) is 15.4. The van der Waals surface area contributed by atoms with Crippen molar-refractivity contribution in [3.63, 3.8) is 0 Å². The second-order valence-electron chi connectivity index (χ2n) is 7.25. The van der Waals surface area contributed by atoms with E-state index in [2.05, 4.69) is 15.9 Å². The standard InChI is InChI=1S/C19H22BrN3O4/c1-12(2)9-16(24)21-5-7-22(8-6-21)17(25)11-23-18(26)14-4-3-13(20)10-15(14)19(23)27/h3-4,10,12H,5-9,11H2,1-2H3. The van der Waals surface area contributed by atoms with E-state index in [4.69, 9.17) is 0 Å². The van der Waals surface area contributed by atoms with Crippen molar-refractivity contribution in [1.29, 1.82) is 0 Å². The molecule has 0 aromatic heterocycles. The van der Waals surface area contributed by atoms with Crippen molar-refractivity contribution in [3.05, 3.63) is 33.8 Å². The van der Waals surface area contributed by atoms with Crippen LogP contribution in [0.25, 0.3) is 0 Å². The Kier molecular flexibility index (Phi) is 5.64. The average molecular weight is 436 g/mol. The predicted molar refractivity (Wildman–Crippen MR) is 102 cm³/mol. The summed E-state index contributed by atoms with van der Waals surface area (Å²) in [5.41, 5.74) is 0.631. The van der Waals surface area contributed by atoms with E-state index < -0.39 is 11.8 Å². The summed E-state index contributed by atoms with van der Waals surface area (Å²) in [5, 5.41) is 0. The fourth-order valence-electron chi connectivity index (χ4n) is 3.33. The number of hydrogen-bond acceptors (Lipinski definition) is 4. The minimum Gasteiger partial charge on any atom is -0.339 e. The minimum atomic E-state index is -0.449. The smallest absolute Gasteiger partial charge is 0.262 e. The normalized spacial score (nSPS) is 17.0. The van der Waals surface area contributed by atoms with Gasteiger partial charge in [0.15, 0.2) is 0 Å². The van der Waals surface area contributed by atoms with Crippen molar-refractivity contribution in [3.8, 4) is 0 Å². The Hall–Kier alpha value is -2.22. The van der Waals surface area contributed by atoms with Gasteiger partial charge in [-0.1, -0.05) is 29.8 Å². The summed E-state index contributed by atoms with van der Waals surface area (Å²) in [6.45, 7) is 5.51. The molecule has 0 saturated carbocycles. The summed E-state index contributed by atoms with van der Waals surface area (Å²) in [6, 6.07) is 4.88. The number of hydrogen-bond donors (Lipinski definition) is 0. The van der Waals surface area contributed by atoms with Crippen LogP contribution in [0.1, 0.15) is 41.0 Å². The number of carbonyl (C=O) groups excluding carboxylic acids is 4. The lowest BCUT2D eigenvalue weighted by atomic mass is 10.1. The molecule has 0 aliphatic carbocycles. The lowest BCUT2D eigenvalue weighted by Crippen LogP contribution is -2.53. The van der Waals surface area contributed by atoms with E-state index in [9.17, 15) is 19.2 Å². The molecule has 0 atom stereocenters. The lowest BCUT2D eigenvalue weighted by Gasteiger charge is -2.35. The highest BCUT2D eigenvalue weighted by molar-refractivity contribution is 9.10. The molecule has 0 N–H and O–H groups in total. The van der Waals surface area contributed by atoms with Gasteiger partial charge < -0.3 is 9.80 Å². The van der Waals surface area contributed by atoms with Gasteiger partial charge in [0.2, 0.25) is 11.8 Å². The number of fused-ring (bicyclic) bond motifs is 1. The number of imide groups is 1. The van der Waals surface area contributed by atoms with Gasteiger partial charge in [0, 0.05) is 37.1 Å². The number of halogens is 1. The van der Waals surface area contributed by atoms with E-state index in [0.29, 0.717) is 54.1 Å². The number of piperazine rings is 1. The highest BCUT2D eigenvalue weighted by Crippen LogP contribution is 2.26. The zero-order chi connectivity index (χ0) is 19.7. The second-order valence-corrected chi connectivity index (χ2v) is 8.16. The first-order valence-electron chi connectivity index (χ1n) is 8.99. The third kappa shape index (κ3) is 4.05. The fraction of sp³-hybridized carbons (Fsp3) is 0.474. The van der Waals surface area contributed by atoms with Crippen LogP contribution in [0.5, 0.6) is 0 Å². The van der Waals surface area contributed by atoms with Crippen LogP contribution in [0.2, 0.25) is 0 Å². The molecule has 1 fully saturated rings. The highest BCUT2D eigenvalue weighted by Gasteiger charge is 2.38. The number of nitrogens with zero attached hydrogens (tertiary/aromatic N) is 3. The van der Waals surface area contributed by atoms with E-state index in [1.54, 1.807) is 28.0 Å². The van der Waals surface area contributed by atoms with E-state index in [1.165, 1.54) is 0 Å². The Morgan fingerprint density at radius 3 is 2.11 bits per heavy atom. The van der Waals surface area contributed by atoms with Gasteiger partial charge in [-0.05, 0) is 24.1 Å². The summed E-state index contributed by atoms with van der Waals surface area (Å²) >= 11 is 3.29. The summed E-state index contributed by atoms with van der Waals surface area (Å²) in [4.78, 5) is 54.0. The Labute approximate surface area is 166 Å². The van der Waals surface area contributed by atoms with Crippen LogP contribution in [0.4, 0.5) is 0 Å². The molecular weight excluding hydrogens is 414 g/mol. The molecule has 1 aromatic rings. The Balaban J connectivity index is 1.59. The molecule has 7 nitrogen and oxygen atoms in total. The van der Waals surface area contributed by atoms with Gasteiger partial charge >= 0.3 is 0 Å². The number of benzene rings is 1. The molecule has 2 heterocycles. The molecule has 0 unspecified atom stereocenters. The first-order chi connectivity index (χ1) is 12.8. The van der Waals surface area contributed by atoms with Crippen molar-refractivity contribution in [2.45, 2.75) is 20.3 Å². The van der Waals surface area contributed by atoms with Crippen molar-refractivity contribution < 1.29 is 19.2 Å². The first kappa shape index (κ1) is 19.5. The SMILES string of the molecule is CC(C)CC(=O)N1CCN(C(=O)CN2C(=O)c3ccc(Br)cc3C2=O)CC1. The maximum absolute atomic E-state index is 12.6. The zero-order valence-corrected chi connectivity index (χ0v) is 17.0. The molecule has 1 saturated heterocycles. The van der Waals surface area contributed by atoms with Gasteiger partial charge in [0.1, 0.15) is 6.54 Å². The third-order valence-electron chi connectivity index (χ3n) is 4.79. The van der Waals surface area contributed by atoms with E-state index in [0.717, 1.165) is 4.90 Å². The van der Waals surface area contributed by atoms with Gasteiger partial charge in [-0.25, -0.2) is 0 Å². The van der Waals surface area contributed by atoms with Crippen LogP contribution in [0, 0.1) is 5.92 Å². The predicted octanol–water partition coefficient (Wildman–Crippen LogP) is 1.76. The molecule has 8 heteroatoms. The summed E-state index contributed by atoms with van der Waals surface area (Å²) < 4.78 is 0.706.